The molecule has 0 saturated carbocycles. The monoisotopic (exact) mass is 215 g/mol. The fraction of sp³-hybridized carbons (Fsp3) is 0.900. The minimum atomic E-state index is -0.172. The van der Waals surface area contributed by atoms with Crippen LogP contribution in [0.2, 0.25) is 0 Å². The van der Waals surface area contributed by atoms with Crippen molar-refractivity contribution in [2.24, 2.45) is 0 Å². The molecule has 15 heavy (non-hydrogen) atoms. The van der Waals surface area contributed by atoms with Gasteiger partial charge in [-0.3, -0.25) is 4.79 Å². The zero-order valence-corrected chi connectivity index (χ0v) is 9.58. The van der Waals surface area contributed by atoms with Gasteiger partial charge in [0.1, 0.15) is 0 Å². The zero-order chi connectivity index (χ0) is 11.1. The van der Waals surface area contributed by atoms with Gasteiger partial charge in [0.25, 0.3) is 0 Å². The van der Waals surface area contributed by atoms with Crippen molar-refractivity contribution < 1.29 is 9.53 Å². The molecule has 1 atom stereocenters. The standard InChI is InChI=1S/C10H21N3O2/c1-3-4-11-10(14)9(2)12-13-5-7-15-8-6-13/h9,12H,3-8H2,1-2H3,(H,11,14). The average molecular weight is 215 g/mol. The van der Waals surface area contributed by atoms with Gasteiger partial charge in [0.2, 0.25) is 5.91 Å². The van der Waals surface area contributed by atoms with E-state index in [-0.39, 0.29) is 11.9 Å². The van der Waals surface area contributed by atoms with Gasteiger partial charge in [-0.15, -0.1) is 0 Å². The van der Waals surface area contributed by atoms with Gasteiger partial charge >= 0.3 is 0 Å². The quantitative estimate of drug-likeness (QED) is 0.663. The van der Waals surface area contributed by atoms with E-state index >= 15 is 0 Å². The Bertz CT molecular complexity index is 193. The number of nitrogens with zero attached hydrogens (tertiary/aromatic N) is 1. The summed E-state index contributed by atoms with van der Waals surface area (Å²) in [4.78, 5) is 11.5. The first-order chi connectivity index (χ1) is 7.24. The van der Waals surface area contributed by atoms with Crippen LogP contribution < -0.4 is 10.7 Å². The topological polar surface area (TPSA) is 53.6 Å². The average Bonchev–Trinajstić information content (AvgIpc) is 2.27. The van der Waals surface area contributed by atoms with Crippen LogP contribution in [0.4, 0.5) is 0 Å². The normalized spacial score (nSPS) is 19.9. The smallest absolute Gasteiger partial charge is 0.238 e. The Kier molecular flexibility index (Phi) is 5.60. The Morgan fingerprint density at radius 3 is 2.73 bits per heavy atom. The second-order valence-electron chi connectivity index (χ2n) is 3.74. The Hall–Kier alpha value is -0.650. The third-order valence-corrected chi connectivity index (χ3v) is 2.33. The summed E-state index contributed by atoms with van der Waals surface area (Å²) in [6, 6.07) is -0.172. The number of carbonyl (C=O) groups excluding carboxylic acids is 1. The maximum atomic E-state index is 11.5. The molecular formula is C10H21N3O2. The lowest BCUT2D eigenvalue weighted by molar-refractivity contribution is -0.124. The number of nitrogens with one attached hydrogen (secondary N) is 2. The first kappa shape index (κ1) is 12.4. The van der Waals surface area contributed by atoms with Gasteiger partial charge < -0.3 is 10.1 Å². The number of hydrazine groups is 1. The molecule has 0 aliphatic carbocycles. The highest BCUT2D eigenvalue weighted by Gasteiger charge is 2.17. The number of hydrogen-bond donors (Lipinski definition) is 2. The molecule has 1 rings (SSSR count). The molecule has 2 N–H and O–H groups in total. The largest absolute Gasteiger partial charge is 0.379 e. The second-order valence-corrected chi connectivity index (χ2v) is 3.74. The van der Waals surface area contributed by atoms with Crippen molar-refractivity contribution in [1.29, 1.82) is 0 Å². The van der Waals surface area contributed by atoms with Gasteiger partial charge in [-0.05, 0) is 13.3 Å². The number of rotatable bonds is 5. The van der Waals surface area contributed by atoms with Crippen molar-refractivity contribution in [3.63, 3.8) is 0 Å². The van der Waals surface area contributed by atoms with Crippen LogP contribution in [-0.2, 0) is 9.53 Å². The number of amides is 1. The lowest BCUT2D eigenvalue weighted by Gasteiger charge is -2.29. The van der Waals surface area contributed by atoms with E-state index in [2.05, 4.69) is 10.7 Å². The summed E-state index contributed by atoms with van der Waals surface area (Å²) in [7, 11) is 0. The number of morpholine rings is 1. The Morgan fingerprint density at radius 1 is 1.47 bits per heavy atom. The zero-order valence-electron chi connectivity index (χ0n) is 9.58. The molecule has 5 nitrogen and oxygen atoms in total. The second kappa shape index (κ2) is 6.76. The summed E-state index contributed by atoms with van der Waals surface area (Å²) < 4.78 is 5.22. The minimum absolute atomic E-state index is 0.0586. The van der Waals surface area contributed by atoms with Crippen LogP contribution in [0, 0.1) is 0 Å². The van der Waals surface area contributed by atoms with Crippen LogP contribution in [0.1, 0.15) is 20.3 Å². The van der Waals surface area contributed by atoms with Crippen molar-refractivity contribution in [2.75, 3.05) is 32.8 Å². The van der Waals surface area contributed by atoms with Crippen molar-refractivity contribution in [1.82, 2.24) is 15.8 Å². The van der Waals surface area contributed by atoms with Crippen LogP contribution in [0.25, 0.3) is 0 Å². The number of carbonyl (C=O) groups is 1. The van der Waals surface area contributed by atoms with Gasteiger partial charge in [-0.1, -0.05) is 6.92 Å². The van der Waals surface area contributed by atoms with Crippen molar-refractivity contribution in [3.8, 4) is 0 Å². The highest BCUT2D eigenvalue weighted by molar-refractivity contribution is 5.81. The van der Waals surface area contributed by atoms with Gasteiger partial charge in [0.05, 0.1) is 19.3 Å². The van der Waals surface area contributed by atoms with Crippen LogP contribution in [0.5, 0.6) is 0 Å². The molecule has 1 aliphatic heterocycles. The van der Waals surface area contributed by atoms with E-state index in [4.69, 9.17) is 4.74 Å². The van der Waals surface area contributed by atoms with Gasteiger partial charge in [0, 0.05) is 19.6 Å². The van der Waals surface area contributed by atoms with Crippen molar-refractivity contribution in [3.05, 3.63) is 0 Å². The highest BCUT2D eigenvalue weighted by atomic mass is 16.5. The Balaban J connectivity index is 2.20. The predicted molar refractivity (Wildman–Crippen MR) is 58.3 cm³/mol. The van der Waals surface area contributed by atoms with Crippen LogP contribution in [0.3, 0.4) is 0 Å². The third-order valence-electron chi connectivity index (χ3n) is 2.33. The van der Waals surface area contributed by atoms with Gasteiger partial charge in [-0.25, -0.2) is 10.4 Å². The van der Waals surface area contributed by atoms with Gasteiger partial charge in [0.15, 0.2) is 0 Å². The molecule has 1 heterocycles. The van der Waals surface area contributed by atoms with Gasteiger partial charge in [-0.2, -0.15) is 0 Å². The Morgan fingerprint density at radius 2 is 2.13 bits per heavy atom. The van der Waals surface area contributed by atoms with E-state index in [1.54, 1.807) is 0 Å². The SMILES string of the molecule is CCCNC(=O)C(C)NN1CCOCC1. The van der Waals surface area contributed by atoms with E-state index in [0.717, 1.165) is 39.3 Å². The first-order valence-corrected chi connectivity index (χ1v) is 5.60. The van der Waals surface area contributed by atoms with E-state index < -0.39 is 0 Å². The van der Waals surface area contributed by atoms with E-state index in [0.29, 0.717) is 0 Å². The molecule has 1 fully saturated rings. The van der Waals surface area contributed by atoms with E-state index in [1.807, 2.05) is 18.9 Å². The highest BCUT2D eigenvalue weighted by Crippen LogP contribution is 1.94. The van der Waals surface area contributed by atoms with E-state index in [9.17, 15) is 4.79 Å². The molecule has 0 aromatic rings. The van der Waals surface area contributed by atoms with Crippen LogP contribution in [-0.4, -0.2) is 49.8 Å². The maximum Gasteiger partial charge on any atom is 0.238 e. The molecule has 88 valence electrons. The first-order valence-electron chi connectivity index (χ1n) is 5.60. The molecular weight excluding hydrogens is 194 g/mol. The summed E-state index contributed by atoms with van der Waals surface area (Å²) >= 11 is 0. The number of hydrogen-bond acceptors (Lipinski definition) is 4. The molecule has 1 saturated heterocycles. The molecule has 1 amide bonds. The third kappa shape index (κ3) is 4.59. The maximum absolute atomic E-state index is 11.5. The molecule has 0 aromatic heterocycles. The molecule has 0 spiro atoms. The summed E-state index contributed by atoms with van der Waals surface area (Å²) in [5.41, 5.74) is 3.17. The fourth-order valence-corrected chi connectivity index (χ4v) is 1.43. The van der Waals surface area contributed by atoms with Crippen LogP contribution >= 0.6 is 0 Å². The summed E-state index contributed by atoms with van der Waals surface area (Å²) in [5, 5.41) is 4.90. The molecule has 0 aromatic carbocycles. The molecule has 5 heteroatoms. The summed E-state index contributed by atoms with van der Waals surface area (Å²) in [5.74, 6) is 0.0586. The summed E-state index contributed by atoms with van der Waals surface area (Å²) in [6.45, 7) is 7.80. The number of ether oxygens (including phenoxy) is 1. The predicted octanol–water partition coefficient (Wildman–Crippen LogP) is -0.262. The Labute approximate surface area is 91.1 Å². The lowest BCUT2D eigenvalue weighted by Crippen LogP contribution is -2.54. The van der Waals surface area contributed by atoms with Crippen molar-refractivity contribution in [2.45, 2.75) is 26.3 Å². The van der Waals surface area contributed by atoms with E-state index in [1.165, 1.54) is 0 Å². The lowest BCUT2D eigenvalue weighted by atomic mass is 10.3. The van der Waals surface area contributed by atoms with Crippen molar-refractivity contribution >= 4 is 5.91 Å². The fourth-order valence-electron chi connectivity index (χ4n) is 1.43. The minimum Gasteiger partial charge on any atom is -0.379 e. The summed E-state index contributed by atoms with van der Waals surface area (Å²) in [6.07, 6.45) is 0.968. The molecule has 1 aliphatic rings. The van der Waals surface area contributed by atoms with Crippen LogP contribution in [0.15, 0.2) is 0 Å². The molecule has 1 unspecified atom stereocenters. The molecule has 0 bridgehead atoms. The molecule has 0 radical (unpaired) electrons.